The quantitative estimate of drug-likeness (QED) is 0.846. The zero-order valence-corrected chi connectivity index (χ0v) is 10.4. The SMILES string of the molecule is Cc1nc(CC2CCNC2)nc2c1CSC2. The molecule has 86 valence electrons. The van der Waals surface area contributed by atoms with Crippen LogP contribution in [0.25, 0.3) is 0 Å². The van der Waals surface area contributed by atoms with Crippen LogP contribution in [0.3, 0.4) is 0 Å². The lowest BCUT2D eigenvalue weighted by Crippen LogP contribution is -2.13. The Balaban J connectivity index is 1.82. The van der Waals surface area contributed by atoms with Crippen molar-refractivity contribution in [2.24, 2.45) is 5.92 Å². The topological polar surface area (TPSA) is 37.8 Å². The molecule has 1 atom stereocenters. The van der Waals surface area contributed by atoms with Crippen LogP contribution >= 0.6 is 11.8 Å². The number of aryl methyl sites for hydroxylation is 1. The van der Waals surface area contributed by atoms with E-state index in [0.29, 0.717) is 0 Å². The summed E-state index contributed by atoms with van der Waals surface area (Å²) < 4.78 is 0. The summed E-state index contributed by atoms with van der Waals surface area (Å²) in [5.41, 5.74) is 3.88. The maximum Gasteiger partial charge on any atom is 0.129 e. The third-order valence-corrected chi connectivity index (χ3v) is 4.44. The van der Waals surface area contributed by atoms with Crippen LogP contribution in [-0.4, -0.2) is 23.1 Å². The molecular formula is C12H17N3S. The van der Waals surface area contributed by atoms with Crippen molar-refractivity contribution < 1.29 is 0 Å². The average molecular weight is 235 g/mol. The first-order chi connectivity index (χ1) is 7.83. The monoisotopic (exact) mass is 235 g/mol. The number of hydrogen-bond acceptors (Lipinski definition) is 4. The molecule has 2 aliphatic rings. The summed E-state index contributed by atoms with van der Waals surface area (Å²) in [5, 5.41) is 3.40. The number of hydrogen-bond donors (Lipinski definition) is 1. The molecule has 3 heterocycles. The van der Waals surface area contributed by atoms with Crippen molar-refractivity contribution in [2.75, 3.05) is 13.1 Å². The first-order valence-electron chi connectivity index (χ1n) is 5.96. The summed E-state index contributed by atoms with van der Waals surface area (Å²) in [5.74, 6) is 3.99. The van der Waals surface area contributed by atoms with Crippen LogP contribution in [0.4, 0.5) is 0 Å². The van der Waals surface area contributed by atoms with Gasteiger partial charge in [-0.15, -0.1) is 0 Å². The summed E-state index contributed by atoms with van der Waals surface area (Å²) >= 11 is 1.95. The van der Waals surface area contributed by atoms with E-state index in [-0.39, 0.29) is 0 Å². The van der Waals surface area contributed by atoms with Crippen molar-refractivity contribution in [3.05, 3.63) is 22.8 Å². The Morgan fingerprint density at radius 2 is 2.31 bits per heavy atom. The zero-order chi connectivity index (χ0) is 11.0. The summed E-state index contributed by atoms with van der Waals surface area (Å²) in [6.07, 6.45) is 2.32. The van der Waals surface area contributed by atoms with Gasteiger partial charge in [0.2, 0.25) is 0 Å². The molecule has 0 amide bonds. The lowest BCUT2D eigenvalue weighted by molar-refractivity contribution is 0.558. The largest absolute Gasteiger partial charge is 0.316 e. The van der Waals surface area contributed by atoms with E-state index in [2.05, 4.69) is 17.2 Å². The van der Waals surface area contributed by atoms with E-state index in [0.717, 1.165) is 42.8 Å². The van der Waals surface area contributed by atoms with Crippen LogP contribution in [0.1, 0.15) is 29.2 Å². The molecule has 0 bridgehead atoms. The fraction of sp³-hybridized carbons (Fsp3) is 0.667. The predicted octanol–water partition coefficient (Wildman–Crippen LogP) is 1.68. The van der Waals surface area contributed by atoms with Crippen LogP contribution in [0, 0.1) is 12.8 Å². The molecule has 1 N–H and O–H groups in total. The normalized spacial score (nSPS) is 23.7. The number of nitrogens with zero attached hydrogens (tertiary/aromatic N) is 2. The Kier molecular flexibility index (Phi) is 2.86. The van der Waals surface area contributed by atoms with E-state index in [1.54, 1.807) is 0 Å². The third kappa shape index (κ3) is 1.96. The Labute approximate surface area is 100 Å². The van der Waals surface area contributed by atoms with E-state index >= 15 is 0 Å². The lowest BCUT2D eigenvalue weighted by atomic mass is 10.0. The molecule has 4 heteroatoms. The van der Waals surface area contributed by atoms with Crippen molar-refractivity contribution >= 4 is 11.8 Å². The molecule has 0 aromatic carbocycles. The molecule has 16 heavy (non-hydrogen) atoms. The number of rotatable bonds is 2. The maximum atomic E-state index is 4.72. The van der Waals surface area contributed by atoms with E-state index < -0.39 is 0 Å². The van der Waals surface area contributed by atoms with Gasteiger partial charge in [-0.2, -0.15) is 11.8 Å². The summed E-state index contributed by atoms with van der Waals surface area (Å²) in [6.45, 7) is 4.42. The molecule has 1 aromatic rings. The highest BCUT2D eigenvalue weighted by atomic mass is 32.2. The smallest absolute Gasteiger partial charge is 0.129 e. The van der Waals surface area contributed by atoms with Crippen LogP contribution < -0.4 is 5.32 Å². The molecule has 1 unspecified atom stereocenters. The first-order valence-corrected chi connectivity index (χ1v) is 7.12. The molecule has 1 fully saturated rings. The van der Waals surface area contributed by atoms with Crippen LogP contribution in [0.15, 0.2) is 0 Å². The number of fused-ring (bicyclic) bond motifs is 1. The molecule has 0 spiro atoms. The molecule has 0 saturated carbocycles. The standard InChI is InChI=1S/C12H17N3S/c1-8-10-6-16-7-11(10)15-12(14-8)4-9-2-3-13-5-9/h9,13H,2-7H2,1H3. The van der Waals surface area contributed by atoms with Gasteiger partial charge in [0, 0.05) is 29.2 Å². The Morgan fingerprint density at radius 3 is 3.12 bits per heavy atom. The van der Waals surface area contributed by atoms with Gasteiger partial charge in [0.05, 0.1) is 5.69 Å². The third-order valence-electron chi connectivity index (χ3n) is 3.46. The van der Waals surface area contributed by atoms with E-state index in [4.69, 9.17) is 4.98 Å². The van der Waals surface area contributed by atoms with Gasteiger partial charge in [-0.05, 0) is 32.4 Å². The van der Waals surface area contributed by atoms with Gasteiger partial charge in [0.1, 0.15) is 5.82 Å². The zero-order valence-electron chi connectivity index (χ0n) is 9.62. The van der Waals surface area contributed by atoms with E-state index in [1.165, 1.54) is 23.4 Å². The molecule has 1 aromatic heterocycles. The highest BCUT2D eigenvalue weighted by Crippen LogP contribution is 2.30. The van der Waals surface area contributed by atoms with Crippen molar-refractivity contribution in [3.8, 4) is 0 Å². The minimum atomic E-state index is 0.742. The molecule has 2 aliphatic heterocycles. The lowest BCUT2D eigenvalue weighted by Gasteiger charge is -2.09. The van der Waals surface area contributed by atoms with Gasteiger partial charge in [-0.25, -0.2) is 9.97 Å². The second-order valence-electron chi connectivity index (χ2n) is 4.71. The fourth-order valence-corrected chi connectivity index (χ4v) is 3.63. The van der Waals surface area contributed by atoms with Crippen molar-refractivity contribution in [2.45, 2.75) is 31.3 Å². The average Bonchev–Trinajstić information content (AvgIpc) is 2.87. The van der Waals surface area contributed by atoms with Gasteiger partial charge < -0.3 is 5.32 Å². The van der Waals surface area contributed by atoms with Crippen molar-refractivity contribution in [1.82, 2.24) is 15.3 Å². The molecule has 0 aliphatic carbocycles. The predicted molar refractivity (Wildman–Crippen MR) is 66.4 cm³/mol. The molecule has 3 nitrogen and oxygen atoms in total. The van der Waals surface area contributed by atoms with Crippen LogP contribution in [-0.2, 0) is 17.9 Å². The summed E-state index contributed by atoms with van der Waals surface area (Å²) in [4.78, 5) is 9.37. The second-order valence-corrected chi connectivity index (χ2v) is 5.69. The highest BCUT2D eigenvalue weighted by molar-refractivity contribution is 7.98. The van der Waals surface area contributed by atoms with Crippen LogP contribution in [0.2, 0.25) is 0 Å². The summed E-state index contributed by atoms with van der Waals surface area (Å²) in [7, 11) is 0. The van der Waals surface area contributed by atoms with E-state index in [1.807, 2.05) is 11.8 Å². The number of aromatic nitrogens is 2. The van der Waals surface area contributed by atoms with Crippen molar-refractivity contribution in [1.29, 1.82) is 0 Å². The molecule has 0 radical (unpaired) electrons. The maximum absolute atomic E-state index is 4.72. The van der Waals surface area contributed by atoms with Gasteiger partial charge in [0.25, 0.3) is 0 Å². The molecule has 3 rings (SSSR count). The molecular weight excluding hydrogens is 218 g/mol. The highest BCUT2D eigenvalue weighted by Gasteiger charge is 2.20. The van der Waals surface area contributed by atoms with Gasteiger partial charge in [0.15, 0.2) is 0 Å². The Hall–Kier alpha value is -0.610. The first kappa shape index (κ1) is 10.5. The number of nitrogens with one attached hydrogen (secondary N) is 1. The minimum Gasteiger partial charge on any atom is -0.316 e. The van der Waals surface area contributed by atoms with Gasteiger partial charge in [-0.3, -0.25) is 0 Å². The van der Waals surface area contributed by atoms with Crippen molar-refractivity contribution in [3.63, 3.8) is 0 Å². The summed E-state index contributed by atoms with van der Waals surface area (Å²) in [6, 6.07) is 0. The fourth-order valence-electron chi connectivity index (χ4n) is 2.51. The minimum absolute atomic E-state index is 0.742. The number of thioether (sulfide) groups is 1. The van der Waals surface area contributed by atoms with Gasteiger partial charge in [-0.1, -0.05) is 0 Å². The van der Waals surface area contributed by atoms with Gasteiger partial charge >= 0.3 is 0 Å². The molecule has 1 saturated heterocycles. The Bertz CT molecular complexity index is 399. The Morgan fingerprint density at radius 1 is 1.38 bits per heavy atom. The van der Waals surface area contributed by atoms with Crippen LogP contribution in [0.5, 0.6) is 0 Å². The van der Waals surface area contributed by atoms with E-state index in [9.17, 15) is 0 Å². The second kappa shape index (κ2) is 4.34.